The molecule has 0 N–H and O–H groups in total. The molecule has 0 radical (unpaired) electrons. The van der Waals surface area contributed by atoms with Gasteiger partial charge in [-0.3, -0.25) is 14.5 Å². The van der Waals surface area contributed by atoms with Gasteiger partial charge in [-0.15, -0.1) is 17.0 Å². The van der Waals surface area contributed by atoms with Gasteiger partial charge in [0.2, 0.25) is 5.88 Å². The summed E-state index contributed by atoms with van der Waals surface area (Å²) < 4.78 is 88.4. The highest BCUT2D eigenvalue weighted by atomic mass is 79.9. The molecule has 0 saturated carbocycles. The van der Waals surface area contributed by atoms with Crippen molar-refractivity contribution >= 4 is 45.4 Å². The van der Waals surface area contributed by atoms with Gasteiger partial charge in [0, 0.05) is 69.9 Å². The number of alkyl halides is 6. The Morgan fingerprint density at radius 2 is 1.49 bits per heavy atom. The van der Waals surface area contributed by atoms with Crippen molar-refractivity contribution < 1.29 is 45.4 Å². The molecule has 0 aliphatic carbocycles. The van der Waals surface area contributed by atoms with Crippen molar-refractivity contribution in [3.63, 3.8) is 0 Å². The number of amides is 2. The van der Waals surface area contributed by atoms with E-state index in [2.05, 4.69) is 9.88 Å². The van der Waals surface area contributed by atoms with Gasteiger partial charge in [-0.25, -0.2) is 4.98 Å². The minimum absolute atomic E-state index is 0. The largest absolute Gasteiger partial charge is 0.484 e. The molecule has 280 valence electrons. The van der Waals surface area contributed by atoms with Crippen LogP contribution in [0, 0.1) is 0 Å². The maximum Gasteiger partial charge on any atom is 0.422 e. The standard InChI is InChI=1S/C37H33F6N5O4.BrH/c1-45(34(49)25-5-8-27(9-6-25)37(41,42)43)28-10-14-33(44-21-28)52-30-13-7-26-19-32(46(2)31(26)20-30)35(50)48-17-15-47(16-18-48)22-24-3-11-29(12-4-24)51-23-36(38,39)40;/h3-14,19-21H,15-18,22-23H2,1-2H3;1H. The molecular formula is C37H34BrF6N5O4. The van der Waals surface area contributed by atoms with Gasteiger partial charge >= 0.3 is 12.4 Å². The van der Waals surface area contributed by atoms with Gasteiger partial charge in [0.25, 0.3) is 11.8 Å². The summed E-state index contributed by atoms with van der Waals surface area (Å²) >= 11 is 0. The summed E-state index contributed by atoms with van der Waals surface area (Å²) in [5.74, 6) is 0.246. The van der Waals surface area contributed by atoms with E-state index in [1.807, 2.05) is 12.1 Å². The van der Waals surface area contributed by atoms with Crippen molar-refractivity contribution in [3.05, 3.63) is 114 Å². The molecule has 3 aromatic carbocycles. The van der Waals surface area contributed by atoms with E-state index in [0.29, 0.717) is 49.9 Å². The molecule has 1 fully saturated rings. The van der Waals surface area contributed by atoms with Crippen molar-refractivity contribution in [2.24, 2.45) is 7.05 Å². The van der Waals surface area contributed by atoms with E-state index in [1.165, 1.54) is 30.3 Å². The smallest absolute Gasteiger partial charge is 0.422 e. The fraction of sp³-hybridized carbons (Fsp3) is 0.270. The Morgan fingerprint density at radius 3 is 2.09 bits per heavy atom. The number of aromatic nitrogens is 2. The van der Waals surface area contributed by atoms with Crippen molar-refractivity contribution in [2.45, 2.75) is 18.9 Å². The molecular weight excluding hydrogens is 772 g/mol. The zero-order chi connectivity index (χ0) is 37.2. The van der Waals surface area contributed by atoms with Crippen LogP contribution in [0.25, 0.3) is 10.9 Å². The molecule has 53 heavy (non-hydrogen) atoms. The SMILES string of the molecule is Br.CN(C(=O)c1ccc(C(F)(F)F)cc1)c1ccc(Oc2ccc3cc(C(=O)N4CCN(Cc5ccc(OCC(F)(F)F)cc5)CC4)n(C)c3c2)nc1. The number of ether oxygens (including phenoxy) is 2. The second kappa shape index (κ2) is 15.9. The summed E-state index contributed by atoms with van der Waals surface area (Å²) in [5.41, 5.74) is 1.86. The van der Waals surface area contributed by atoms with Crippen LogP contribution in [0.5, 0.6) is 17.4 Å². The molecule has 6 rings (SSSR count). The Balaban J connectivity index is 0.00000541. The van der Waals surface area contributed by atoms with Crippen molar-refractivity contribution in [1.29, 1.82) is 0 Å². The maximum absolute atomic E-state index is 13.6. The second-order valence-corrected chi connectivity index (χ2v) is 12.3. The number of fused-ring (bicyclic) bond motifs is 1. The molecule has 1 aliphatic rings. The monoisotopic (exact) mass is 805 g/mol. The number of piperazine rings is 1. The Bertz CT molecular complexity index is 2040. The Hall–Kier alpha value is -5.09. The summed E-state index contributed by atoms with van der Waals surface area (Å²) in [6.07, 6.45) is -7.48. The van der Waals surface area contributed by atoms with Crippen LogP contribution < -0.4 is 14.4 Å². The van der Waals surface area contributed by atoms with Crippen LogP contribution in [0.3, 0.4) is 0 Å². The number of hydrogen-bond acceptors (Lipinski definition) is 6. The number of benzene rings is 3. The number of aryl methyl sites for hydroxylation is 1. The molecule has 0 unspecified atom stereocenters. The fourth-order valence-corrected chi connectivity index (χ4v) is 5.83. The van der Waals surface area contributed by atoms with E-state index >= 15 is 0 Å². The first-order valence-corrected chi connectivity index (χ1v) is 16.1. The molecule has 1 aliphatic heterocycles. The molecule has 16 heteroatoms. The summed E-state index contributed by atoms with van der Waals surface area (Å²) in [6.45, 7) is 1.53. The minimum Gasteiger partial charge on any atom is -0.484 e. The zero-order valence-corrected chi connectivity index (χ0v) is 30.2. The minimum atomic E-state index is -4.50. The third-order valence-corrected chi connectivity index (χ3v) is 8.72. The lowest BCUT2D eigenvalue weighted by molar-refractivity contribution is -0.153. The molecule has 5 aromatic rings. The molecule has 9 nitrogen and oxygen atoms in total. The molecule has 0 atom stereocenters. The quantitative estimate of drug-likeness (QED) is 0.140. The molecule has 2 amide bonds. The van der Waals surface area contributed by atoms with Crippen LogP contribution in [0.15, 0.2) is 91.1 Å². The van der Waals surface area contributed by atoms with Crippen LogP contribution >= 0.6 is 17.0 Å². The van der Waals surface area contributed by atoms with Crippen LogP contribution in [-0.2, 0) is 19.8 Å². The van der Waals surface area contributed by atoms with E-state index in [9.17, 15) is 35.9 Å². The highest BCUT2D eigenvalue weighted by Crippen LogP contribution is 2.31. The first kappa shape index (κ1) is 39.1. The number of rotatable bonds is 9. The highest BCUT2D eigenvalue weighted by molar-refractivity contribution is 8.93. The number of nitrogens with zero attached hydrogens (tertiary/aromatic N) is 5. The summed E-state index contributed by atoms with van der Waals surface area (Å²) in [5, 5.41) is 0.839. The lowest BCUT2D eigenvalue weighted by Gasteiger charge is -2.34. The summed E-state index contributed by atoms with van der Waals surface area (Å²) in [4.78, 5) is 35.9. The zero-order valence-electron chi connectivity index (χ0n) is 28.4. The highest BCUT2D eigenvalue weighted by Gasteiger charge is 2.31. The Labute approximate surface area is 311 Å². The molecule has 3 heterocycles. The first-order chi connectivity index (χ1) is 24.6. The number of carbonyl (C=O) groups is 2. The number of pyridine rings is 1. The van der Waals surface area contributed by atoms with Gasteiger partial charge < -0.3 is 23.8 Å². The molecule has 0 spiro atoms. The van der Waals surface area contributed by atoms with E-state index in [-0.39, 0.29) is 40.1 Å². The van der Waals surface area contributed by atoms with E-state index < -0.39 is 30.4 Å². The Kier molecular flexibility index (Phi) is 11.7. The number of halogens is 7. The van der Waals surface area contributed by atoms with Gasteiger partial charge in [0.1, 0.15) is 17.2 Å². The number of hydrogen-bond donors (Lipinski definition) is 0. The summed E-state index contributed by atoms with van der Waals surface area (Å²) in [7, 11) is 3.29. The number of anilines is 1. The van der Waals surface area contributed by atoms with Gasteiger partial charge in [-0.05, 0) is 66.2 Å². The number of carbonyl (C=O) groups excluding carboxylic acids is 2. The van der Waals surface area contributed by atoms with Crippen molar-refractivity contribution in [2.75, 3.05) is 44.7 Å². The van der Waals surface area contributed by atoms with Gasteiger partial charge in [-0.1, -0.05) is 12.1 Å². The topological polar surface area (TPSA) is 80.1 Å². The third kappa shape index (κ3) is 9.48. The van der Waals surface area contributed by atoms with E-state index in [1.54, 1.807) is 52.9 Å². The lowest BCUT2D eigenvalue weighted by Crippen LogP contribution is -2.48. The average Bonchev–Trinajstić information content (AvgIpc) is 3.45. The normalized spacial score (nSPS) is 13.8. The van der Waals surface area contributed by atoms with E-state index in [4.69, 9.17) is 9.47 Å². The predicted molar refractivity (Wildman–Crippen MR) is 191 cm³/mol. The fourth-order valence-electron chi connectivity index (χ4n) is 5.83. The second-order valence-electron chi connectivity index (χ2n) is 12.3. The third-order valence-electron chi connectivity index (χ3n) is 8.72. The average molecular weight is 807 g/mol. The van der Waals surface area contributed by atoms with Gasteiger partial charge in [0.05, 0.1) is 23.0 Å². The molecule has 0 bridgehead atoms. The predicted octanol–water partition coefficient (Wildman–Crippen LogP) is 8.14. The Morgan fingerprint density at radius 1 is 0.830 bits per heavy atom. The van der Waals surface area contributed by atoms with Gasteiger partial charge in [0.15, 0.2) is 6.61 Å². The molecule has 2 aromatic heterocycles. The van der Waals surface area contributed by atoms with Crippen LogP contribution in [0.1, 0.15) is 32.0 Å². The van der Waals surface area contributed by atoms with Crippen LogP contribution in [0.4, 0.5) is 32.0 Å². The van der Waals surface area contributed by atoms with Crippen LogP contribution in [0.2, 0.25) is 0 Å². The van der Waals surface area contributed by atoms with Crippen molar-refractivity contribution in [1.82, 2.24) is 19.4 Å². The molecule has 1 saturated heterocycles. The van der Waals surface area contributed by atoms with Gasteiger partial charge in [-0.2, -0.15) is 26.3 Å². The summed E-state index contributed by atoms with van der Waals surface area (Å²) in [6, 6.07) is 20.9. The van der Waals surface area contributed by atoms with E-state index in [0.717, 1.165) is 40.7 Å². The van der Waals surface area contributed by atoms with Crippen molar-refractivity contribution in [3.8, 4) is 17.4 Å². The van der Waals surface area contributed by atoms with Crippen LogP contribution in [-0.4, -0.2) is 77.2 Å². The maximum atomic E-state index is 13.6. The lowest BCUT2D eigenvalue weighted by atomic mass is 10.1. The first-order valence-electron chi connectivity index (χ1n) is 16.1.